The number of fused-ring (bicyclic) bond motifs is 1. The average Bonchev–Trinajstić information content (AvgIpc) is 2.35. The molecule has 1 atom stereocenters. The number of hydrogen-bond donors (Lipinski definition) is 2. The summed E-state index contributed by atoms with van der Waals surface area (Å²) in [5.74, 6) is -0.0979. The Labute approximate surface area is 102 Å². The lowest BCUT2D eigenvalue weighted by atomic mass is 9.90. The summed E-state index contributed by atoms with van der Waals surface area (Å²) in [6.45, 7) is 1.96. The molecular formula is C14H19NO2. The highest BCUT2D eigenvalue weighted by Crippen LogP contribution is 2.22. The number of carbonyl (C=O) groups is 1. The molecule has 0 fully saturated rings. The van der Waals surface area contributed by atoms with E-state index >= 15 is 0 Å². The largest absolute Gasteiger partial charge is 0.392 e. The molecule has 17 heavy (non-hydrogen) atoms. The van der Waals surface area contributed by atoms with E-state index in [4.69, 9.17) is 5.11 Å². The summed E-state index contributed by atoms with van der Waals surface area (Å²) in [7, 11) is 0. The summed E-state index contributed by atoms with van der Waals surface area (Å²) < 4.78 is 0. The third-order valence-electron chi connectivity index (χ3n) is 3.17. The molecule has 1 aliphatic rings. The zero-order chi connectivity index (χ0) is 12.3. The van der Waals surface area contributed by atoms with Crippen LogP contribution < -0.4 is 5.32 Å². The van der Waals surface area contributed by atoms with E-state index in [1.165, 1.54) is 24.0 Å². The van der Waals surface area contributed by atoms with Gasteiger partial charge in [0.1, 0.15) is 0 Å². The molecule has 0 spiro atoms. The number of nitrogens with one attached hydrogen (secondary N) is 1. The van der Waals surface area contributed by atoms with Gasteiger partial charge in [0.15, 0.2) is 0 Å². The maximum Gasteiger partial charge on any atom is 0.251 e. The van der Waals surface area contributed by atoms with Crippen molar-refractivity contribution in [1.29, 1.82) is 0 Å². The maximum atomic E-state index is 11.8. The van der Waals surface area contributed by atoms with Gasteiger partial charge in [-0.15, -0.1) is 0 Å². The Morgan fingerprint density at radius 1 is 1.35 bits per heavy atom. The highest BCUT2D eigenvalue weighted by atomic mass is 16.3. The number of carbonyl (C=O) groups excluding carboxylic acids is 1. The zero-order valence-corrected chi connectivity index (χ0v) is 10.2. The van der Waals surface area contributed by atoms with Crippen LogP contribution in [0.5, 0.6) is 0 Å². The molecule has 1 aliphatic carbocycles. The van der Waals surface area contributed by atoms with Crippen LogP contribution in [-0.4, -0.2) is 23.7 Å². The summed E-state index contributed by atoms with van der Waals surface area (Å²) in [5, 5.41) is 11.8. The van der Waals surface area contributed by atoms with Crippen molar-refractivity contribution in [3.63, 3.8) is 0 Å². The number of aryl methyl sites for hydroxylation is 2. The Balaban J connectivity index is 2.08. The minimum Gasteiger partial charge on any atom is -0.392 e. The molecule has 0 saturated heterocycles. The Morgan fingerprint density at radius 2 is 2.06 bits per heavy atom. The normalized spacial score (nSPS) is 16.1. The van der Waals surface area contributed by atoms with Gasteiger partial charge in [0, 0.05) is 12.1 Å². The van der Waals surface area contributed by atoms with E-state index in [-0.39, 0.29) is 5.91 Å². The SMILES string of the molecule is C[C@@H](O)CNC(=O)c1ccc2c(c1)CCCC2. The molecule has 0 bridgehead atoms. The van der Waals surface area contributed by atoms with E-state index in [9.17, 15) is 4.79 Å². The van der Waals surface area contributed by atoms with Crippen LogP contribution in [0.1, 0.15) is 41.3 Å². The standard InChI is InChI=1S/C14H19NO2/c1-10(16)9-15-14(17)13-7-6-11-4-2-3-5-12(11)8-13/h6-8,10,16H,2-5,9H2,1H3,(H,15,17)/t10-/m1/s1. The fraction of sp³-hybridized carbons (Fsp3) is 0.500. The molecular weight excluding hydrogens is 214 g/mol. The van der Waals surface area contributed by atoms with Crippen LogP contribution in [0.25, 0.3) is 0 Å². The molecule has 2 rings (SSSR count). The highest BCUT2D eigenvalue weighted by molar-refractivity contribution is 5.94. The Morgan fingerprint density at radius 3 is 2.76 bits per heavy atom. The lowest BCUT2D eigenvalue weighted by Crippen LogP contribution is -2.30. The van der Waals surface area contributed by atoms with Gasteiger partial charge in [-0.2, -0.15) is 0 Å². The Hall–Kier alpha value is -1.35. The van der Waals surface area contributed by atoms with Gasteiger partial charge >= 0.3 is 0 Å². The van der Waals surface area contributed by atoms with Gasteiger partial charge in [0.25, 0.3) is 5.91 Å². The average molecular weight is 233 g/mol. The molecule has 1 amide bonds. The first-order valence-electron chi connectivity index (χ1n) is 6.25. The molecule has 0 aromatic heterocycles. The van der Waals surface area contributed by atoms with Gasteiger partial charge in [0.2, 0.25) is 0 Å². The van der Waals surface area contributed by atoms with Crippen LogP contribution >= 0.6 is 0 Å². The summed E-state index contributed by atoms with van der Waals surface area (Å²) >= 11 is 0. The number of aliphatic hydroxyl groups is 1. The first-order valence-corrected chi connectivity index (χ1v) is 6.25. The van der Waals surface area contributed by atoms with Gasteiger partial charge in [-0.3, -0.25) is 4.79 Å². The van der Waals surface area contributed by atoms with Crippen LogP contribution in [0.2, 0.25) is 0 Å². The van der Waals surface area contributed by atoms with E-state index in [0.29, 0.717) is 12.1 Å². The van der Waals surface area contributed by atoms with E-state index < -0.39 is 6.10 Å². The third-order valence-corrected chi connectivity index (χ3v) is 3.17. The Kier molecular flexibility index (Phi) is 3.79. The number of amides is 1. The van der Waals surface area contributed by atoms with Gasteiger partial charge in [0.05, 0.1) is 6.10 Å². The van der Waals surface area contributed by atoms with E-state index in [2.05, 4.69) is 11.4 Å². The van der Waals surface area contributed by atoms with Crippen LogP contribution in [0.4, 0.5) is 0 Å². The minimum absolute atomic E-state index is 0.0979. The topological polar surface area (TPSA) is 49.3 Å². The van der Waals surface area contributed by atoms with Crippen molar-refractivity contribution in [1.82, 2.24) is 5.32 Å². The van der Waals surface area contributed by atoms with Crippen LogP contribution in [0.15, 0.2) is 18.2 Å². The van der Waals surface area contributed by atoms with Crippen molar-refractivity contribution in [3.8, 4) is 0 Å². The second-order valence-electron chi connectivity index (χ2n) is 4.75. The molecule has 2 N–H and O–H groups in total. The number of benzene rings is 1. The van der Waals surface area contributed by atoms with Crippen molar-refractivity contribution in [2.75, 3.05) is 6.54 Å². The predicted octanol–water partition coefficient (Wildman–Crippen LogP) is 1.68. The van der Waals surface area contributed by atoms with Gasteiger partial charge < -0.3 is 10.4 Å². The molecule has 92 valence electrons. The quantitative estimate of drug-likeness (QED) is 0.834. The first-order chi connectivity index (χ1) is 8.16. The van der Waals surface area contributed by atoms with Gasteiger partial charge in [-0.1, -0.05) is 6.07 Å². The van der Waals surface area contributed by atoms with E-state index in [1.54, 1.807) is 6.92 Å². The molecule has 0 unspecified atom stereocenters. The smallest absolute Gasteiger partial charge is 0.251 e. The molecule has 0 heterocycles. The van der Waals surface area contributed by atoms with E-state index in [1.807, 2.05) is 12.1 Å². The zero-order valence-electron chi connectivity index (χ0n) is 10.2. The molecule has 3 nitrogen and oxygen atoms in total. The fourth-order valence-electron chi connectivity index (χ4n) is 2.22. The molecule has 0 aliphatic heterocycles. The Bertz CT molecular complexity index is 413. The molecule has 0 saturated carbocycles. The monoisotopic (exact) mass is 233 g/mol. The van der Waals surface area contributed by atoms with E-state index in [0.717, 1.165) is 12.8 Å². The second kappa shape index (κ2) is 5.32. The summed E-state index contributed by atoms with van der Waals surface area (Å²) in [6.07, 6.45) is 4.17. The first kappa shape index (κ1) is 12.1. The minimum atomic E-state index is -0.503. The highest BCUT2D eigenvalue weighted by Gasteiger charge is 2.12. The summed E-state index contributed by atoms with van der Waals surface area (Å²) in [4.78, 5) is 11.8. The van der Waals surface area contributed by atoms with Crippen molar-refractivity contribution in [3.05, 3.63) is 34.9 Å². The number of hydrogen-bond acceptors (Lipinski definition) is 2. The molecule has 0 radical (unpaired) electrons. The molecule has 3 heteroatoms. The predicted molar refractivity (Wildman–Crippen MR) is 67.1 cm³/mol. The van der Waals surface area contributed by atoms with Gasteiger partial charge in [-0.25, -0.2) is 0 Å². The second-order valence-corrected chi connectivity index (χ2v) is 4.75. The summed E-state index contributed by atoms with van der Waals surface area (Å²) in [6, 6.07) is 5.93. The lowest BCUT2D eigenvalue weighted by molar-refractivity contribution is 0.0924. The molecule has 1 aromatic rings. The molecule has 1 aromatic carbocycles. The van der Waals surface area contributed by atoms with Crippen LogP contribution in [-0.2, 0) is 12.8 Å². The summed E-state index contributed by atoms with van der Waals surface area (Å²) in [5.41, 5.74) is 3.38. The lowest BCUT2D eigenvalue weighted by Gasteiger charge is -2.16. The van der Waals surface area contributed by atoms with Crippen molar-refractivity contribution < 1.29 is 9.90 Å². The van der Waals surface area contributed by atoms with Crippen molar-refractivity contribution >= 4 is 5.91 Å². The third kappa shape index (κ3) is 3.07. The number of rotatable bonds is 3. The fourth-order valence-corrected chi connectivity index (χ4v) is 2.22. The van der Waals surface area contributed by atoms with Crippen molar-refractivity contribution in [2.24, 2.45) is 0 Å². The van der Waals surface area contributed by atoms with Crippen LogP contribution in [0.3, 0.4) is 0 Å². The van der Waals surface area contributed by atoms with Gasteiger partial charge in [-0.05, 0) is 55.9 Å². The number of aliphatic hydroxyl groups excluding tert-OH is 1. The maximum absolute atomic E-state index is 11.8. The van der Waals surface area contributed by atoms with Crippen molar-refractivity contribution in [2.45, 2.75) is 38.7 Å². The van der Waals surface area contributed by atoms with Crippen LogP contribution in [0, 0.1) is 0 Å².